The normalized spacial score (nSPS) is 17.6. The molecule has 1 atom stereocenters. The molecule has 0 fully saturated rings. The molecule has 1 aliphatic heterocycles. The number of carbonyl (C=O) groups excluding carboxylic acids is 2. The number of methoxy groups -OCH3 is 1. The molecule has 3 aromatic carbocycles. The number of amides is 2. The van der Waals surface area contributed by atoms with Crippen LogP contribution in [0.3, 0.4) is 0 Å². The summed E-state index contributed by atoms with van der Waals surface area (Å²) in [6.07, 6.45) is 0.435. The number of nitrogens with zero attached hydrogens (tertiary/aromatic N) is 1. The van der Waals surface area contributed by atoms with E-state index in [-0.39, 0.29) is 11.8 Å². The minimum Gasteiger partial charge on any atom is -0.497 e. The zero-order valence-corrected chi connectivity index (χ0v) is 19.6. The van der Waals surface area contributed by atoms with Crippen LogP contribution in [0, 0.1) is 0 Å². The molecule has 170 valence electrons. The number of rotatable bonds is 6. The van der Waals surface area contributed by atoms with E-state index in [1.807, 2.05) is 73.7 Å². The average molecular weight is 443 g/mol. The largest absolute Gasteiger partial charge is 0.497 e. The summed E-state index contributed by atoms with van der Waals surface area (Å²) in [5, 5.41) is 3.06. The minimum atomic E-state index is -1.07. The molecule has 0 unspecified atom stereocenters. The first-order chi connectivity index (χ1) is 15.8. The van der Waals surface area contributed by atoms with E-state index in [1.54, 1.807) is 12.0 Å². The molecular formula is C28H30N2O3. The van der Waals surface area contributed by atoms with Crippen molar-refractivity contribution >= 4 is 17.5 Å². The Morgan fingerprint density at radius 2 is 1.82 bits per heavy atom. The summed E-state index contributed by atoms with van der Waals surface area (Å²) in [4.78, 5) is 29.0. The van der Waals surface area contributed by atoms with E-state index in [0.29, 0.717) is 24.4 Å². The van der Waals surface area contributed by atoms with Gasteiger partial charge in [0.2, 0.25) is 5.91 Å². The highest BCUT2D eigenvalue weighted by atomic mass is 16.5. The van der Waals surface area contributed by atoms with E-state index < -0.39 is 5.54 Å². The molecule has 2 amide bonds. The number of hydrogen-bond donors (Lipinski definition) is 1. The van der Waals surface area contributed by atoms with E-state index in [4.69, 9.17) is 4.74 Å². The van der Waals surface area contributed by atoms with Crippen molar-refractivity contribution < 1.29 is 14.3 Å². The first kappa shape index (κ1) is 22.6. The van der Waals surface area contributed by atoms with Gasteiger partial charge in [0.25, 0.3) is 5.91 Å². The SMILES string of the molecule is COc1cccc(CNC(=O)[C@]2(C)Cc3ccccc3C(=O)N2c2cccc(C(C)C)c2)c1. The first-order valence-corrected chi connectivity index (χ1v) is 11.3. The molecule has 1 heterocycles. The number of hydrogen-bond acceptors (Lipinski definition) is 3. The fourth-order valence-electron chi connectivity index (χ4n) is 4.44. The van der Waals surface area contributed by atoms with Gasteiger partial charge in [-0.15, -0.1) is 0 Å². The summed E-state index contributed by atoms with van der Waals surface area (Å²) in [6, 6.07) is 23.1. The lowest BCUT2D eigenvalue weighted by molar-refractivity contribution is -0.126. The van der Waals surface area contributed by atoms with E-state index in [1.165, 1.54) is 0 Å². The number of benzene rings is 3. The van der Waals surface area contributed by atoms with Crippen molar-refractivity contribution in [1.82, 2.24) is 5.32 Å². The Kier molecular flexibility index (Phi) is 6.23. The Hall–Kier alpha value is -3.60. The Bertz CT molecular complexity index is 1190. The smallest absolute Gasteiger partial charge is 0.259 e. The summed E-state index contributed by atoms with van der Waals surface area (Å²) in [7, 11) is 1.62. The molecule has 4 rings (SSSR count). The highest BCUT2D eigenvalue weighted by Crippen LogP contribution is 2.36. The number of anilines is 1. The molecule has 1 N–H and O–H groups in total. The van der Waals surface area contributed by atoms with Gasteiger partial charge >= 0.3 is 0 Å². The monoisotopic (exact) mass is 442 g/mol. The lowest BCUT2D eigenvalue weighted by Gasteiger charge is -2.44. The van der Waals surface area contributed by atoms with Gasteiger partial charge in [0.15, 0.2) is 0 Å². The van der Waals surface area contributed by atoms with Gasteiger partial charge in [0.1, 0.15) is 11.3 Å². The second kappa shape index (κ2) is 9.10. The molecule has 0 aliphatic carbocycles. The number of nitrogens with one attached hydrogen (secondary N) is 1. The Labute approximate surface area is 195 Å². The lowest BCUT2D eigenvalue weighted by Crippen LogP contribution is -2.63. The number of fused-ring (bicyclic) bond motifs is 1. The zero-order chi connectivity index (χ0) is 23.6. The summed E-state index contributed by atoms with van der Waals surface area (Å²) >= 11 is 0. The quantitative estimate of drug-likeness (QED) is 0.578. The summed E-state index contributed by atoms with van der Waals surface area (Å²) < 4.78 is 5.29. The van der Waals surface area contributed by atoms with Gasteiger partial charge < -0.3 is 10.1 Å². The van der Waals surface area contributed by atoms with Crippen LogP contribution in [0.25, 0.3) is 0 Å². The Morgan fingerprint density at radius 3 is 2.58 bits per heavy atom. The second-order valence-corrected chi connectivity index (χ2v) is 9.03. The molecule has 0 bridgehead atoms. The molecule has 3 aromatic rings. The third-order valence-corrected chi connectivity index (χ3v) is 6.35. The minimum absolute atomic E-state index is 0.156. The van der Waals surface area contributed by atoms with Crippen LogP contribution in [0.15, 0.2) is 72.8 Å². The van der Waals surface area contributed by atoms with Crippen molar-refractivity contribution in [2.45, 2.75) is 45.2 Å². The number of ether oxygens (including phenoxy) is 1. The molecule has 33 heavy (non-hydrogen) atoms. The molecular weight excluding hydrogens is 412 g/mol. The molecule has 0 saturated heterocycles. The lowest BCUT2D eigenvalue weighted by atomic mass is 9.82. The van der Waals surface area contributed by atoms with Crippen molar-refractivity contribution in [3.05, 3.63) is 95.1 Å². The summed E-state index contributed by atoms with van der Waals surface area (Å²) in [5.41, 5.74) is 3.25. The van der Waals surface area contributed by atoms with E-state index >= 15 is 0 Å². The maximum atomic E-state index is 13.7. The van der Waals surface area contributed by atoms with Crippen LogP contribution in [0.2, 0.25) is 0 Å². The Morgan fingerprint density at radius 1 is 1.06 bits per heavy atom. The van der Waals surface area contributed by atoms with Crippen LogP contribution in [0.5, 0.6) is 5.75 Å². The second-order valence-electron chi connectivity index (χ2n) is 9.03. The topological polar surface area (TPSA) is 58.6 Å². The average Bonchev–Trinajstić information content (AvgIpc) is 2.82. The van der Waals surface area contributed by atoms with Crippen LogP contribution in [-0.2, 0) is 17.8 Å². The van der Waals surface area contributed by atoms with Gasteiger partial charge in [0.05, 0.1) is 7.11 Å². The Balaban J connectivity index is 1.71. The van der Waals surface area contributed by atoms with Gasteiger partial charge in [-0.2, -0.15) is 0 Å². The maximum absolute atomic E-state index is 13.7. The predicted molar refractivity (Wildman–Crippen MR) is 131 cm³/mol. The molecule has 5 heteroatoms. The highest BCUT2D eigenvalue weighted by Gasteiger charge is 2.47. The fraction of sp³-hybridized carbons (Fsp3) is 0.286. The van der Waals surface area contributed by atoms with Gasteiger partial charge in [-0.3, -0.25) is 14.5 Å². The highest BCUT2D eigenvalue weighted by molar-refractivity contribution is 6.14. The third kappa shape index (κ3) is 4.36. The van der Waals surface area contributed by atoms with Gasteiger partial charge in [0, 0.05) is 24.2 Å². The molecule has 0 aromatic heterocycles. The van der Waals surface area contributed by atoms with Crippen molar-refractivity contribution in [2.24, 2.45) is 0 Å². The van der Waals surface area contributed by atoms with Crippen LogP contribution in [-0.4, -0.2) is 24.5 Å². The maximum Gasteiger partial charge on any atom is 0.259 e. The van der Waals surface area contributed by atoms with Crippen molar-refractivity contribution in [1.29, 1.82) is 0 Å². The molecule has 5 nitrogen and oxygen atoms in total. The summed E-state index contributed by atoms with van der Waals surface area (Å²) in [6.45, 7) is 6.43. The number of carbonyl (C=O) groups is 2. The standard InChI is InChI=1S/C28H30N2O3/c1-19(2)21-11-8-12-23(16-21)30-26(31)25-14-6-5-10-22(25)17-28(30,3)27(32)29-18-20-9-7-13-24(15-20)33-4/h5-16,19H,17-18H2,1-4H3,(H,29,32)/t28-/m0/s1. The predicted octanol–water partition coefficient (Wildman–Crippen LogP) is 5.10. The van der Waals surface area contributed by atoms with Crippen molar-refractivity contribution in [2.75, 3.05) is 12.0 Å². The summed E-state index contributed by atoms with van der Waals surface area (Å²) in [5.74, 6) is 0.701. The van der Waals surface area contributed by atoms with Gasteiger partial charge in [-0.25, -0.2) is 0 Å². The molecule has 0 spiro atoms. The molecule has 0 radical (unpaired) electrons. The van der Waals surface area contributed by atoms with E-state index in [2.05, 4.69) is 25.2 Å². The zero-order valence-electron chi connectivity index (χ0n) is 19.6. The fourth-order valence-corrected chi connectivity index (χ4v) is 4.44. The van der Waals surface area contributed by atoms with E-state index in [0.717, 1.165) is 28.1 Å². The van der Waals surface area contributed by atoms with Crippen LogP contribution in [0.4, 0.5) is 5.69 Å². The van der Waals surface area contributed by atoms with Crippen molar-refractivity contribution in [3.8, 4) is 5.75 Å². The van der Waals surface area contributed by atoms with Gasteiger partial charge in [-0.1, -0.05) is 56.3 Å². The first-order valence-electron chi connectivity index (χ1n) is 11.3. The molecule has 1 aliphatic rings. The third-order valence-electron chi connectivity index (χ3n) is 6.35. The van der Waals surface area contributed by atoms with E-state index in [9.17, 15) is 9.59 Å². The van der Waals surface area contributed by atoms with Crippen LogP contribution >= 0.6 is 0 Å². The van der Waals surface area contributed by atoms with Crippen molar-refractivity contribution in [3.63, 3.8) is 0 Å². The van der Waals surface area contributed by atoms with Crippen LogP contribution in [0.1, 0.15) is 53.7 Å². The molecule has 0 saturated carbocycles. The van der Waals surface area contributed by atoms with Gasteiger partial charge in [-0.05, 0) is 59.9 Å². The van der Waals surface area contributed by atoms with Crippen LogP contribution < -0.4 is 15.0 Å².